The van der Waals surface area contributed by atoms with Crippen molar-refractivity contribution in [3.05, 3.63) is 69.3 Å². The van der Waals surface area contributed by atoms with Gasteiger partial charge in [-0.3, -0.25) is 14.6 Å². The van der Waals surface area contributed by atoms with Gasteiger partial charge in [-0.25, -0.2) is 9.37 Å². The minimum absolute atomic E-state index is 0.138. The van der Waals surface area contributed by atoms with E-state index in [9.17, 15) is 14.0 Å². The Morgan fingerprint density at radius 3 is 2.89 bits per heavy atom. The van der Waals surface area contributed by atoms with Crippen LogP contribution in [0.2, 0.25) is 0 Å². The van der Waals surface area contributed by atoms with Crippen molar-refractivity contribution in [1.29, 1.82) is 0 Å². The average molecular weight is 364 g/mol. The van der Waals surface area contributed by atoms with Crippen molar-refractivity contribution in [2.24, 2.45) is 0 Å². The summed E-state index contributed by atoms with van der Waals surface area (Å²) in [6, 6.07) is 5.17. The number of aromatic amines is 1. The molecular formula is C20H17FN4O2. The first-order valence-electron chi connectivity index (χ1n) is 8.28. The first-order valence-corrected chi connectivity index (χ1v) is 8.28. The summed E-state index contributed by atoms with van der Waals surface area (Å²) >= 11 is 0. The summed E-state index contributed by atoms with van der Waals surface area (Å²) < 4.78 is 13.4. The molecule has 0 aliphatic carbocycles. The highest BCUT2D eigenvalue weighted by Crippen LogP contribution is 2.15. The number of benzene rings is 1. The van der Waals surface area contributed by atoms with Crippen LogP contribution in [0.3, 0.4) is 0 Å². The number of aryl methyl sites for hydroxylation is 1. The van der Waals surface area contributed by atoms with E-state index in [0.29, 0.717) is 28.0 Å². The van der Waals surface area contributed by atoms with Crippen LogP contribution in [0.5, 0.6) is 0 Å². The Balaban J connectivity index is 1.77. The van der Waals surface area contributed by atoms with Crippen LogP contribution in [-0.4, -0.2) is 20.9 Å². The fourth-order valence-electron chi connectivity index (χ4n) is 2.87. The number of carbonyl (C=O) groups excluding carboxylic acids is 1. The van der Waals surface area contributed by atoms with Crippen LogP contribution in [0.4, 0.5) is 4.39 Å². The molecule has 0 unspecified atom stereocenters. The van der Waals surface area contributed by atoms with Gasteiger partial charge in [-0.1, -0.05) is 0 Å². The molecule has 1 aromatic carbocycles. The third-order valence-corrected chi connectivity index (χ3v) is 4.15. The Labute approximate surface area is 154 Å². The number of pyridine rings is 1. The zero-order chi connectivity index (χ0) is 19.6. The number of fused-ring (bicyclic) bond motifs is 1. The van der Waals surface area contributed by atoms with Gasteiger partial charge >= 0.3 is 0 Å². The van der Waals surface area contributed by atoms with Crippen LogP contribution in [0.1, 0.15) is 35.6 Å². The second-order valence-corrected chi connectivity index (χ2v) is 6.19. The zero-order valence-corrected chi connectivity index (χ0v) is 14.8. The van der Waals surface area contributed by atoms with Crippen LogP contribution in [0.15, 0.2) is 35.3 Å². The number of hydrogen-bond donors (Lipinski definition) is 2. The molecule has 6 nitrogen and oxygen atoms in total. The summed E-state index contributed by atoms with van der Waals surface area (Å²) in [6.45, 7) is 3.53. The first kappa shape index (κ1) is 18.3. The molecule has 2 heterocycles. The second kappa shape index (κ2) is 7.38. The Morgan fingerprint density at radius 2 is 2.19 bits per heavy atom. The van der Waals surface area contributed by atoms with E-state index >= 15 is 0 Å². The largest absolute Gasteiger partial charge is 0.348 e. The summed E-state index contributed by atoms with van der Waals surface area (Å²) in [4.78, 5) is 35.7. The van der Waals surface area contributed by atoms with E-state index in [1.807, 2.05) is 0 Å². The predicted molar refractivity (Wildman–Crippen MR) is 99.5 cm³/mol. The van der Waals surface area contributed by atoms with Crippen molar-refractivity contribution in [3.8, 4) is 12.3 Å². The van der Waals surface area contributed by atoms with Crippen molar-refractivity contribution >= 4 is 16.8 Å². The summed E-state index contributed by atoms with van der Waals surface area (Å²) in [5.41, 5.74) is 2.02. The number of carbonyl (C=O) groups is 1. The minimum Gasteiger partial charge on any atom is -0.348 e. The Hall–Kier alpha value is -3.53. The van der Waals surface area contributed by atoms with E-state index in [-0.39, 0.29) is 23.5 Å². The van der Waals surface area contributed by atoms with Gasteiger partial charge in [-0.2, -0.15) is 0 Å². The minimum atomic E-state index is -0.414. The molecule has 7 heteroatoms. The van der Waals surface area contributed by atoms with E-state index in [2.05, 4.69) is 26.2 Å². The normalized spacial score (nSPS) is 11.8. The standard InChI is InChI=1S/C20H17FN4O2/c1-4-16-10-22-19(11(2)23-16)12(3)24-18(26)9-14-7-13-8-15(21)5-6-17(13)25-20(14)27/h1,5-8,10,12H,9H2,2-3H3,(H,24,26)(H,25,27)/t12-/m0/s1. The second-order valence-electron chi connectivity index (χ2n) is 6.19. The smallest absolute Gasteiger partial charge is 0.252 e. The highest BCUT2D eigenvalue weighted by molar-refractivity contribution is 5.82. The number of rotatable bonds is 4. The van der Waals surface area contributed by atoms with E-state index in [1.54, 1.807) is 13.8 Å². The summed E-state index contributed by atoms with van der Waals surface area (Å²) in [5, 5.41) is 3.31. The highest BCUT2D eigenvalue weighted by Gasteiger charge is 2.16. The van der Waals surface area contributed by atoms with Crippen molar-refractivity contribution in [1.82, 2.24) is 20.3 Å². The molecular weight excluding hydrogens is 347 g/mol. The molecule has 3 aromatic rings. The van der Waals surface area contributed by atoms with Crippen LogP contribution >= 0.6 is 0 Å². The van der Waals surface area contributed by atoms with Crippen molar-refractivity contribution in [3.63, 3.8) is 0 Å². The predicted octanol–water partition coefficient (Wildman–Crippen LogP) is 2.17. The van der Waals surface area contributed by atoms with Gasteiger partial charge in [-0.15, -0.1) is 6.42 Å². The molecule has 27 heavy (non-hydrogen) atoms. The number of hydrogen-bond acceptors (Lipinski definition) is 4. The SMILES string of the molecule is C#Cc1cnc([C@H](C)NC(=O)Cc2cc3cc(F)ccc3[nH]c2=O)c(C)n1. The number of nitrogens with zero attached hydrogens (tertiary/aromatic N) is 2. The molecule has 3 rings (SSSR count). The van der Waals surface area contributed by atoms with Gasteiger partial charge in [0, 0.05) is 16.5 Å². The van der Waals surface area contributed by atoms with Crippen molar-refractivity contribution in [2.45, 2.75) is 26.3 Å². The molecule has 2 N–H and O–H groups in total. The lowest BCUT2D eigenvalue weighted by Crippen LogP contribution is -2.31. The quantitative estimate of drug-likeness (QED) is 0.695. The number of amides is 1. The van der Waals surface area contributed by atoms with Crippen LogP contribution in [-0.2, 0) is 11.2 Å². The maximum Gasteiger partial charge on any atom is 0.252 e. The van der Waals surface area contributed by atoms with Crippen LogP contribution in [0.25, 0.3) is 10.9 Å². The van der Waals surface area contributed by atoms with Gasteiger partial charge in [0.1, 0.15) is 11.5 Å². The third kappa shape index (κ3) is 4.01. The van der Waals surface area contributed by atoms with Gasteiger partial charge < -0.3 is 10.3 Å². The average Bonchev–Trinajstić information content (AvgIpc) is 2.62. The number of terminal acetylenes is 1. The van der Waals surface area contributed by atoms with E-state index in [0.717, 1.165) is 0 Å². The first-order chi connectivity index (χ1) is 12.9. The summed E-state index contributed by atoms with van der Waals surface area (Å²) in [5.74, 6) is 1.64. The number of aromatic nitrogens is 3. The number of nitrogens with one attached hydrogen (secondary N) is 2. The summed E-state index contributed by atoms with van der Waals surface area (Å²) in [7, 11) is 0. The molecule has 1 amide bonds. The number of H-pyrrole nitrogens is 1. The molecule has 0 saturated carbocycles. The molecule has 0 fully saturated rings. The van der Waals surface area contributed by atoms with Gasteiger partial charge in [0.15, 0.2) is 0 Å². The van der Waals surface area contributed by atoms with Crippen LogP contribution in [0, 0.1) is 25.1 Å². The van der Waals surface area contributed by atoms with Gasteiger partial charge in [0.25, 0.3) is 5.56 Å². The van der Waals surface area contributed by atoms with Gasteiger partial charge in [-0.05, 0) is 44.0 Å². The van der Waals surface area contributed by atoms with Crippen molar-refractivity contribution < 1.29 is 9.18 Å². The maximum atomic E-state index is 13.4. The third-order valence-electron chi connectivity index (χ3n) is 4.15. The van der Waals surface area contributed by atoms with E-state index in [4.69, 9.17) is 6.42 Å². The van der Waals surface area contributed by atoms with Crippen molar-refractivity contribution in [2.75, 3.05) is 0 Å². The fourth-order valence-corrected chi connectivity index (χ4v) is 2.87. The molecule has 136 valence electrons. The lowest BCUT2D eigenvalue weighted by Gasteiger charge is -2.15. The molecule has 0 aliphatic rings. The Kier molecular flexibility index (Phi) is 4.99. The fraction of sp³-hybridized carbons (Fsp3) is 0.200. The maximum absolute atomic E-state index is 13.4. The molecule has 0 spiro atoms. The molecule has 0 radical (unpaired) electrons. The molecule has 2 aromatic heterocycles. The van der Waals surface area contributed by atoms with Gasteiger partial charge in [0.2, 0.25) is 5.91 Å². The van der Waals surface area contributed by atoms with E-state index < -0.39 is 11.9 Å². The topological polar surface area (TPSA) is 87.7 Å². The molecule has 0 saturated heterocycles. The summed E-state index contributed by atoms with van der Waals surface area (Å²) in [6.07, 6.45) is 6.62. The Bertz CT molecular complexity index is 1130. The van der Waals surface area contributed by atoms with E-state index in [1.165, 1.54) is 30.5 Å². The molecule has 0 aliphatic heterocycles. The van der Waals surface area contributed by atoms with Crippen LogP contribution < -0.4 is 10.9 Å². The number of halogens is 1. The van der Waals surface area contributed by atoms with Gasteiger partial charge in [0.05, 0.1) is 30.0 Å². The monoisotopic (exact) mass is 364 g/mol. The molecule has 1 atom stereocenters. The highest BCUT2D eigenvalue weighted by atomic mass is 19.1. The lowest BCUT2D eigenvalue weighted by atomic mass is 10.1. The lowest BCUT2D eigenvalue weighted by molar-refractivity contribution is -0.121. The Morgan fingerprint density at radius 1 is 1.41 bits per heavy atom. The molecule has 0 bridgehead atoms. The zero-order valence-electron chi connectivity index (χ0n) is 14.8.